The summed E-state index contributed by atoms with van der Waals surface area (Å²) < 4.78 is 11.5. The maximum absolute atomic E-state index is 5.75. The lowest BCUT2D eigenvalue weighted by Crippen LogP contribution is -2.02. The van der Waals surface area contributed by atoms with E-state index < -0.39 is 0 Å². The monoisotopic (exact) mass is 265 g/mol. The molecule has 0 N–H and O–H groups in total. The summed E-state index contributed by atoms with van der Waals surface area (Å²) in [7, 11) is 0. The number of ether oxygens (including phenoxy) is 2. The highest BCUT2D eigenvalue weighted by Crippen LogP contribution is 2.35. The third kappa shape index (κ3) is 1.79. The summed E-state index contributed by atoms with van der Waals surface area (Å²) in [5, 5.41) is 2.23. The van der Waals surface area contributed by atoms with E-state index in [2.05, 4.69) is 31.2 Å². The molecule has 0 unspecified atom stereocenters. The van der Waals surface area contributed by atoms with Crippen LogP contribution in [0.4, 0.5) is 0 Å². The molecule has 4 rings (SSSR count). The Labute approximate surface area is 117 Å². The summed E-state index contributed by atoms with van der Waals surface area (Å²) in [6.45, 7) is 3.39. The number of pyridine rings is 1. The van der Waals surface area contributed by atoms with Crippen molar-refractivity contribution in [3.8, 4) is 0 Å². The van der Waals surface area contributed by atoms with Crippen molar-refractivity contribution < 1.29 is 9.47 Å². The SMILES string of the molecule is Cc1ccc2nc3ccccc3c(C3OCCO3)c2c1. The maximum Gasteiger partial charge on any atom is 0.185 e. The quantitative estimate of drug-likeness (QED) is 0.628. The molecule has 3 aromatic rings. The van der Waals surface area contributed by atoms with E-state index in [0.717, 1.165) is 27.4 Å². The third-order valence-corrected chi connectivity index (χ3v) is 3.73. The van der Waals surface area contributed by atoms with Crippen molar-refractivity contribution in [3.63, 3.8) is 0 Å². The number of aromatic nitrogens is 1. The molecule has 3 heteroatoms. The topological polar surface area (TPSA) is 31.4 Å². The van der Waals surface area contributed by atoms with Gasteiger partial charge in [0.15, 0.2) is 6.29 Å². The highest BCUT2D eigenvalue weighted by Gasteiger charge is 2.23. The molecule has 0 amide bonds. The Balaban J connectivity index is 2.13. The van der Waals surface area contributed by atoms with Gasteiger partial charge in [0.2, 0.25) is 0 Å². The molecule has 1 saturated heterocycles. The fraction of sp³-hybridized carbons (Fsp3) is 0.235. The van der Waals surface area contributed by atoms with Crippen molar-refractivity contribution in [3.05, 3.63) is 53.6 Å². The fourth-order valence-corrected chi connectivity index (χ4v) is 2.82. The van der Waals surface area contributed by atoms with Crippen LogP contribution in [-0.2, 0) is 9.47 Å². The van der Waals surface area contributed by atoms with Gasteiger partial charge in [-0.3, -0.25) is 0 Å². The van der Waals surface area contributed by atoms with Crippen LogP contribution in [0.2, 0.25) is 0 Å². The molecule has 2 aromatic carbocycles. The standard InChI is InChI=1S/C17H15NO2/c1-11-6-7-15-13(10-11)16(17-19-8-9-20-17)12-4-2-3-5-14(12)18-15/h2-7,10,17H,8-9H2,1H3. The summed E-state index contributed by atoms with van der Waals surface area (Å²) in [5.74, 6) is 0. The lowest BCUT2D eigenvalue weighted by Gasteiger charge is -2.16. The first-order valence-electron chi connectivity index (χ1n) is 6.85. The van der Waals surface area contributed by atoms with Gasteiger partial charge in [0, 0.05) is 16.3 Å². The maximum atomic E-state index is 5.75. The zero-order chi connectivity index (χ0) is 13.5. The van der Waals surface area contributed by atoms with E-state index in [0.29, 0.717) is 13.2 Å². The van der Waals surface area contributed by atoms with Crippen LogP contribution in [-0.4, -0.2) is 18.2 Å². The number of fused-ring (bicyclic) bond motifs is 2. The highest BCUT2D eigenvalue weighted by atomic mass is 16.7. The van der Waals surface area contributed by atoms with Crippen LogP contribution in [0.3, 0.4) is 0 Å². The average molecular weight is 265 g/mol. The number of hydrogen-bond donors (Lipinski definition) is 0. The Morgan fingerprint density at radius 3 is 2.55 bits per heavy atom. The van der Waals surface area contributed by atoms with Crippen molar-refractivity contribution >= 4 is 21.8 Å². The molecule has 1 fully saturated rings. The molecular formula is C17H15NO2. The average Bonchev–Trinajstić information content (AvgIpc) is 2.98. The van der Waals surface area contributed by atoms with Crippen LogP contribution in [0.5, 0.6) is 0 Å². The molecule has 0 spiro atoms. The van der Waals surface area contributed by atoms with Gasteiger partial charge in [-0.15, -0.1) is 0 Å². The van der Waals surface area contributed by atoms with E-state index >= 15 is 0 Å². The zero-order valence-corrected chi connectivity index (χ0v) is 11.3. The van der Waals surface area contributed by atoms with E-state index in [1.54, 1.807) is 0 Å². The molecule has 1 aromatic heterocycles. The van der Waals surface area contributed by atoms with Gasteiger partial charge >= 0.3 is 0 Å². The van der Waals surface area contributed by atoms with Crippen molar-refractivity contribution in [2.45, 2.75) is 13.2 Å². The van der Waals surface area contributed by atoms with Gasteiger partial charge in [0.1, 0.15) is 0 Å². The van der Waals surface area contributed by atoms with Crippen LogP contribution < -0.4 is 0 Å². The molecule has 2 heterocycles. The van der Waals surface area contributed by atoms with Crippen LogP contribution in [0, 0.1) is 6.92 Å². The predicted molar refractivity (Wildman–Crippen MR) is 78.6 cm³/mol. The lowest BCUT2D eigenvalue weighted by molar-refractivity contribution is -0.0419. The Kier molecular flexibility index (Phi) is 2.69. The summed E-state index contributed by atoms with van der Waals surface area (Å²) >= 11 is 0. The van der Waals surface area contributed by atoms with Crippen LogP contribution in [0.1, 0.15) is 17.4 Å². The summed E-state index contributed by atoms with van der Waals surface area (Å²) in [6.07, 6.45) is -0.285. The van der Waals surface area contributed by atoms with Gasteiger partial charge < -0.3 is 9.47 Å². The zero-order valence-electron chi connectivity index (χ0n) is 11.3. The van der Waals surface area contributed by atoms with E-state index in [1.807, 2.05) is 18.2 Å². The van der Waals surface area contributed by atoms with E-state index in [4.69, 9.17) is 14.5 Å². The smallest absolute Gasteiger partial charge is 0.185 e. The van der Waals surface area contributed by atoms with Gasteiger partial charge in [-0.2, -0.15) is 0 Å². The molecule has 0 radical (unpaired) electrons. The number of benzene rings is 2. The number of hydrogen-bond acceptors (Lipinski definition) is 3. The number of para-hydroxylation sites is 1. The predicted octanol–water partition coefficient (Wildman–Crippen LogP) is 3.74. The summed E-state index contributed by atoms with van der Waals surface area (Å²) in [4.78, 5) is 4.74. The van der Waals surface area contributed by atoms with Gasteiger partial charge in [0.05, 0.1) is 24.2 Å². The van der Waals surface area contributed by atoms with E-state index in [1.165, 1.54) is 5.56 Å². The van der Waals surface area contributed by atoms with Crippen LogP contribution in [0.25, 0.3) is 21.8 Å². The minimum absolute atomic E-state index is 0.285. The lowest BCUT2D eigenvalue weighted by atomic mass is 10.0. The minimum Gasteiger partial charge on any atom is -0.346 e. The number of rotatable bonds is 1. The Hall–Kier alpha value is -1.97. The van der Waals surface area contributed by atoms with E-state index in [-0.39, 0.29) is 6.29 Å². The van der Waals surface area contributed by atoms with Gasteiger partial charge in [-0.25, -0.2) is 4.98 Å². The molecular weight excluding hydrogens is 250 g/mol. The number of aryl methyl sites for hydroxylation is 1. The summed E-state index contributed by atoms with van der Waals surface area (Å²) in [6, 6.07) is 14.5. The molecule has 3 nitrogen and oxygen atoms in total. The second-order valence-electron chi connectivity index (χ2n) is 5.14. The van der Waals surface area contributed by atoms with Gasteiger partial charge in [-0.1, -0.05) is 29.8 Å². The van der Waals surface area contributed by atoms with Gasteiger partial charge in [-0.05, 0) is 25.1 Å². The highest BCUT2D eigenvalue weighted by molar-refractivity contribution is 5.97. The van der Waals surface area contributed by atoms with E-state index in [9.17, 15) is 0 Å². The molecule has 20 heavy (non-hydrogen) atoms. The first-order valence-corrected chi connectivity index (χ1v) is 6.85. The largest absolute Gasteiger partial charge is 0.346 e. The second-order valence-corrected chi connectivity index (χ2v) is 5.14. The Morgan fingerprint density at radius 2 is 1.70 bits per heavy atom. The van der Waals surface area contributed by atoms with Crippen LogP contribution >= 0.6 is 0 Å². The molecule has 0 bridgehead atoms. The minimum atomic E-state index is -0.285. The summed E-state index contributed by atoms with van der Waals surface area (Å²) in [5.41, 5.74) is 4.29. The van der Waals surface area contributed by atoms with Crippen molar-refractivity contribution in [2.24, 2.45) is 0 Å². The first-order chi connectivity index (χ1) is 9.83. The second kappa shape index (κ2) is 4.54. The molecule has 100 valence electrons. The Bertz CT molecular complexity index is 791. The van der Waals surface area contributed by atoms with Crippen molar-refractivity contribution in [1.29, 1.82) is 0 Å². The molecule has 0 atom stereocenters. The normalized spacial score (nSPS) is 16.2. The Morgan fingerprint density at radius 1 is 0.950 bits per heavy atom. The van der Waals surface area contributed by atoms with Crippen molar-refractivity contribution in [2.75, 3.05) is 13.2 Å². The molecule has 0 aliphatic carbocycles. The van der Waals surface area contributed by atoms with Gasteiger partial charge in [0.25, 0.3) is 0 Å². The molecule has 1 aliphatic rings. The van der Waals surface area contributed by atoms with Crippen LogP contribution in [0.15, 0.2) is 42.5 Å². The first kappa shape index (κ1) is 11.8. The number of nitrogens with zero attached hydrogens (tertiary/aromatic N) is 1. The fourth-order valence-electron chi connectivity index (χ4n) is 2.82. The third-order valence-electron chi connectivity index (χ3n) is 3.73. The van der Waals surface area contributed by atoms with Crippen molar-refractivity contribution in [1.82, 2.24) is 4.98 Å². The molecule has 1 aliphatic heterocycles. The molecule has 0 saturated carbocycles.